The van der Waals surface area contributed by atoms with Gasteiger partial charge in [-0.25, -0.2) is 4.98 Å². The lowest BCUT2D eigenvalue weighted by Gasteiger charge is -2.14. The van der Waals surface area contributed by atoms with Crippen molar-refractivity contribution >= 4 is 34.1 Å². The molecular formula is C19H20N4O5S. The number of imide groups is 1. The third-order valence-corrected chi connectivity index (χ3v) is 6.21. The summed E-state index contributed by atoms with van der Waals surface area (Å²) in [5, 5.41) is 4.96. The molecule has 2 aromatic rings. The summed E-state index contributed by atoms with van der Waals surface area (Å²) in [6.07, 6.45) is 5.58. The lowest BCUT2D eigenvalue weighted by molar-refractivity contribution is -0.146. The van der Waals surface area contributed by atoms with Gasteiger partial charge in [-0.1, -0.05) is 30.4 Å². The molecule has 2 amide bonds. The molecule has 0 N–H and O–H groups in total. The van der Waals surface area contributed by atoms with Gasteiger partial charge in [-0.3, -0.25) is 24.1 Å². The standard InChI is InChI=1S/C19H20N4O5S/c1-2-14-21-23-15(24)9-11(20-19(23)29-14)10-28-16(25)7-8-22-17(26)12-5-3-4-6-13(12)18(22)27/h3-4,9,12-13H,2,5-8,10H2,1H3/t12-,13-/m1/s1. The number of esters is 1. The van der Waals surface area contributed by atoms with Gasteiger partial charge in [0.2, 0.25) is 16.8 Å². The second-order valence-corrected chi connectivity index (χ2v) is 8.06. The molecule has 0 spiro atoms. The van der Waals surface area contributed by atoms with Crippen LogP contribution in [0, 0.1) is 11.8 Å². The normalized spacial score (nSPS) is 21.1. The van der Waals surface area contributed by atoms with Gasteiger partial charge in [0.1, 0.15) is 11.6 Å². The van der Waals surface area contributed by atoms with E-state index in [0.717, 1.165) is 5.01 Å². The maximum Gasteiger partial charge on any atom is 0.307 e. The van der Waals surface area contributed by atoms with Crippen LogP contribution in [0.1, 0.15) is 36.9 Å². The summed E-state index contributed by atoms with van der Waals surface area (Å²) in [5.41, 5.74) is 0.00143. The van der Waals surface area contributed by atoms with E-state index in [1.54, 1.807) is 0 Å². The minimum atomic E-state index is -0.556. The second kappa shape index (κ2) is 7.86. The van der Waals surface area contributed by atoms with E-state index in [4.69, 9.17) is 4.74 Å². The molecule has 0 radical (unpaired) electrons. The van der Waals surface area contributed by atoms with Gasteiger partial charge in [0.25, 0.3) is 5.56 Å². The number of hydrogen-bond donors (Lipinski definition) is 0. The molecule has 1 fully saturated rings. The van der Waals surface area contributed by atoms with Crippen LogP contribution < -0.4 is 5.56 Å². The van der Waals surface area contributed by atoms with Crippen molar-refractivity contribution in [2.24, 2.45) is 11.8 Å². The van der Waals surface area contributed by atoms with E-state index >= 15 is 0 Å². The molecule has 0 aromatic carbocycles. The number of aromatic nitrogens is 3. The van der Waals surface area contributed by atoms with Crippen LogP contribution in [-0.2, 0) is 32.1 Å². The first-order chi connectivity index (χ1) is 14.0. The number of amides is 2. The molecule has 0 unspecified atom stereocenters. The Labute approximate surface area is 170 Å². The maximum atomic E-state index is 12.4. The van der Waals surface area contributed by atoms with E-state index in [1.807, 2.05) is 19.1 Å². The van der Waals surface area contributed by atoms with Gasteiger partial charge in [-0.15, -0.1) is 0 Å². The average Bonchev–Trinajstić information content (AvgIpc) is 3.25. The minimum Gasteiger partial charge on any atom is -0.459 e. The average molecular weight is 416 g/mol. The monoisotopic (exact) mass is 416 g/mol. The van der Waals surface area contributed by atoms with Crippen molar-refractivity contribution in [1.29, 1.82) is 0 Å². The van der Waals surface area contributed by atoms with Crippen molar-refractivity contribution < 1.29 is 19.1 Å². The first-order valence-electron chi connectivity index (χ1n) is 9.52. The molecule has 0 saturated carbocycles. The largest absolute Gasteiger partial charge is 0.459 e. The fourth-order valence-electron chi connectivity index (χ4n) is 3.63. The van der Waals surface area contributed by atoms with Gasteiger partial charge in [-0.2, -0.15) is 9.61 Å². The fraction of sp³-hybridized carbons (Fsp3) is 0.474. The van der Waals surface area contributed by atoms with Crippen molar-refractivity contribution in [1.82, 2.24) is 19.5 Å². The molecule has 9 nitrogen and oxygen atoms in total. The molecule has 1 aliphatic heterocycles. The van der Waals surface area contributed by atoms with Gasteiger partial charge < -0.3 is 4.74 Å². The molecule has 2 aliphatic rings. The van der Waals surface area contributed by atoms with Gasteiger partial charge in [0.05, 0.1) is 24.0 Å². The maximum absolute atomic E-state index is 12.4. The number of carbonyl (C=O) groups is 3. The van der Waals surface area contributed by atoms with Crippen LogP contribution in [0.4, 0.5) is 0 Å². The first-order valence-corrected chi connectivity index (χ1v) is 10.3. The van der Waals surface area contributed by atoms with Crippen LogP contribution in [0.3, 0.4) is 0 Å². The molecule has 2 aromatic heterocycles. The second-order valence-electron chi connectivity index (χ2n) is 7.02. The third kappa shape index (κ3) is 3.71. The van der Waals surface area contributed by atoms with E-state index in [1.165, 1.54) is 26.8 Å². The lowest BCUT2D eigenvalue weighted by Crippen LogP contribution is -2.33. The summed E-state index contributed by atoms with van der Waals surface area (Å²) in [4.78, 5) is 54.9. The number of likely N-dealkylation sites (tertiary alicyclic amines) is 1. The number of rotatable bonds is 6. The molecule has 1 aliphatic carbocycles. The Balaban J connectivity index is 1.34. The highest BCUT2D eigenvalue weighted by Crippen LogP contribution is 2.35. The molecule has 152 valence electrons. The number of ether oxygens (including phenoxy) is 1. The Morgan fingerprint density at radius 3 is 2.55 bits per heavy atom. The van der Waals surface area contributed by atoms with Crippen LogP contribution in [0.2, 0.25) is 0 Å². The number of hydrogen-bond acceptors (Lipinski definition) is 8. The van der Waals surface area contributed by atoms with Gasteiger partial charge in [0.15, 0.2) is 0 Å². The summed E-state index contributed by atoms with van der Waals surface area (Å²) in [7, 11) is 0. The summed E-state index contributed by atoms with van der Waals surface area (Å²) < 4.78 is 6.42. The van der Waals surface area contributed by atoms with E-state index in [2.05, 4.69) is 10.1 Å². The fourth-order valence-corrected chi connectivity index (χ4v) is 4.49. The van der Waals surface area contributed by atoms with E-state index in [-0.39, 0.29) is 48.8 Å². The van der Waals surface area contributed by atoms with Crippen molar-refractivity contribution in [3.8, 4) is 0 Å². The van der Waals surface area contributed by atoms with Crippen molar-refractivity contribution in [2.45, 2.75) is 39.2 Å². The molecule has 0 bridgehead atoms. The zero-order chi connectivity index (χ0) is 20.5. The number of carbonyl (C=O) groups excluding carboxylic acids is 3. The zero-order valence-corrected chi connectivity index (χ0v) is 16.7. The van der Waals surface area contributed by atoms with Crippen LogP contribution in [0.15, 0.2) is 23.0 Å². The highest BCUT2D eigenvalue weighted by Gasteiger charge is 2.46. The lowest BCUT2D eigenvalue weighted by atomic mass is 9.85. The highest BCUT2D eigenvalue weighted by molar-refractivity contribution is 7.16. The van der Waals surface area contributed by atoms with Crippen molar-refractivity contribution in [2.75, 3.05) is 6.54 Å². The Hall–Kier alpha value is -2.88. The van der Waals surface area contributed by atoms with E-state index in [0.29, 0.717) is 29.9 Å². The summed E-state index contributed by atoms with van der Waals surface area (Å²) in [5.74, 6) is -1.60. The SMILES string of the molecule is CCc1nn2c(=O)cc(COC(=O)CCN3C(=O)[C@@H]4CC=CC[C@H]4C3=O)nc2s1. The van der Waals surface area contributed by atoms with E-state index < -0.39 is 5.97 Å². The van der Waals surface area contributed by atoms with Gasteiger partial charge in [-0.05, 0) is 19.3 Å². The third-order valence-electron chi connectivity index (χ3n) is 5.16. The minimum absolute atomic E-state index is 0.00727. The summed E-state index contributed by atoms with van der Waals surface area (Å²) >= 11 is 1.31. The summed E-state index contributed by atoms with van der Waals surface area (Å²) in [6, 6.07) is 1.28. The predicted octanol–water partition coefficient (Wildman–Crippen LogP) is 1.10. The van der Waals surface area contributed by atoms with Gasteiger partial charge in [0, 0.05) is 12.6 Å². The van der Waals surface area contributed by atoms with Gasteiger partial charge >= 0.3 is 5.97 Å². The molecule has 2 atom stereocenters. The Morgan fingerprint density at radius 1 is 1.21 bits per heavy atom. The van der Waals surface area contributed by atoms with Crippen molar-refractivity contribution in [3.63, 3.8) is 0 Å². The number of allylic oxidation sites excluding steroid dienone is 2. The van der Waals surface area contributed by atoms with E-state index in [9.17, 15) is 19.2 Å². The molecule has 29 heavy (non-hydrogen) atoms. The Morgan fingerprint density at radius 2 is 1.90 bits per heavy atom. The Kier molecular flexibility index (Phi) is 5.27. The topological polar surface area (TPSA) is 111 Å². The van der Waals surface area contributed by atoms with Crippen molar-refractivity contribution in [3.05, 3.63) is 39.3 Å². The molecule has 3 heterocycles. The molecule has 4 rings (SSSR count). The number of nitrogens with zero attached hydrogens (tertiary/aromatic N) is 4. The smallest absolute Gasteiger partial charge is 0.307 e. The molecule has 10 heteroatoms. The predicted molar refractivity (Wildman–Crippen MR) is 103 cm³/mol. The van der Waals surface area contributed by atoms with Crippen LogP contribution in [0.25, 0.3) is 4.96 Å². The summed E-state index contributed by atoms with van der Waals surface area (Å²) in [6.45, 7) is 1.79. The quantitative estimate of drug-likeness (QED) is 0.394. The van der Waals surface area contributed by atoms with Crippen LogP contribution in [-0.4, -0.2) is 43.8 Å². The zero-order valence-electron chi connectivity index (χ0n) is 15.9. The van der Waals surface area contributed by atoms with Crippen LogP contribution >= 0.6 is 11.3 Å². The number of aryl methyl sites for hydroxylation is 1. The Bertz CT molecular complexity index is 1050. The highest BCUT2D eigenvalue weighted by atomic mass is 32.1. The first kappa shape index (κ1) is 19.4. The van der Waals surface area contributed by atoms with Crippen LogP contribution in [0.5, 0.6) is 0 Å². The molecule has 1 saturated heterocycles. The molecular weight excluding hydrogens is 396 g/mol. The number of fused-ring (bicyclic) bond motifs is 2.